The third-order valence-corrected chi connectivity index (χ3v) is 3.98. The van der Waals surface area contributed by atoms with E-state index in [4.69, 9.17) is 9.47 Å². The van der Waals surface area contributed by atoms with Crippen molar-refractivity contribution >= 4 is 41.3 Å². The summed E-state index contributed by atoms with van der Waals surface area (Å²) in [6, 6.07) is 11.5. The van der Waals surface area contributed by atoms with Crippen LogP contribution in [0.4, 0.5) is 5.69 Å². The molecule has 150 valence electrons. The Kier molecular flexibility index (Phi) is 8.30. The molecular formula is C19H25IN6O2. The van der Waals surface area contributed by atoms with E-state index in [1.807, 2.05) is 53.9 Å². The number of halogens is 1. The minimum absolute atomic E-state index is 0. The van der Waals surface area contributed by atoms with Crippen LogP contribution in [-0.4, -0.2) is 47.9 Å². The maximum Gasteiger partial charge on any atom is 0.195 e. The van der Waals surface area contributed by atoms with E-state index < -0.39 is 0 Å². The normalized spacial score (nSPS) is 11.0. The standard InChI is InChI=1S/C19H24N6O2.HI/c1-4-27-15-9-8-14(13-16(15)26-3)22-19(20-2)21-11-10-18-24-23-17-7-5-6-12-25(17)18;/h5-9,12-13H,4,10-11H2,1-3H3,(H2,20,21,22);1H. The van der Waals surface area contributed by atoms with Crippen molar-refractivity contribution in [3.63, 3.8) is 0 Å². The second kappa shape index (κ2) is 10.7. The van der Waals surface area contributed by atoms with Crippen LogP contribution in [0.1, 0.15) is 12.7 Å². The van der Waals surface area contributed by atoms with Crippen molar-refractivity contribution < 1.29 is 9.47 Å². The van der Waals surface area contributed by atoms with Crippen molar-refractivity contribution in [1.82, 2.24) is 19.9 Å². The molecule has 2 aromatic heterocycles. The Labute approximate surface area is 181 Å². The quantitative estimate of drug-likeness (QED) is 0.297. The molecule has 0 unspecified atom stereocenters. The van der Waals surface area contributed by atoms with Crippen LogP contribution in [0.15, 0.2) is 47.6 Å². The molecular weight excluding hydrogens is 471 g/mol. The topological polar surface area (TPSA) is 85.1 Å². The highest BCUT2D eigenvalue weighted by molar-refractivity contribution is 14.0. The fourth-order valence-electron chi connectivity index (χ4n) is 2.69. The van der Waals surface area contributed by atoms with Gasteiger partial charge in [-0.2, -0.15) is 0 Å². The molecule has 0 bridgehead atoms. The van der Waals surface area contributed by atoms with Gasteiger partial charge in [-0.05, 0) is 31.2 Å². The number of nitrogens with zero attached hydrogens (tertiary/aromatic N) is 4. The van der Waals surface area contributed by atoms with Crippen LogP contribution in [0, 0.1) is 0 Å². The molecule has 0 amide bonds. The number of aromatic nitrogens is 3. The summed E-state index contributed by atoms with van der Waals surface area (Å²) in [6.07, 6.45) is 2.68. The van der Waals surface area contributed by atoms with Crippen LogP contribution in [0.3, 0.4) is 0 Å². The van der Waals surface area contributed by atoms with Crippen molar-refractivity contribution in [3.05, 3.63) is 48.4 Å². The van der Waals surface area contributed by atoms with Gasteiger partial charge in [-0.1, -0.05) is 6.07 Å². The lowest BCUT2D eigenvalue weighted by atomic mass is 10.2. The maximum absolute atomic E-state index is 5.54. The number of fused-ring (bicyclic) bond motifs is 1. The van der Waals surface area contributed by atoms with E-state index in [-0.39, 0.29) is 24.0 Å². The number of rotatable bonds is 7. The number of aliphatic imine (C=N–C) groups is 1. The van der Waals surface area contributed by atoms with Gasteiger partial charge in [0.2, 0.25) is 0 Å². The Hall–Kier alpha value is -2.56. The number of hydrogen-bond donors (Lipinski definition) is 2. The van der Waals surface area contributed by atoms with Gasteiger partial charge >= 0.3 is 0 Å². The number of hydrogen-bond acceptors (Lipinski definition) is 5. The zero-order chi connectivity index (χ0) is 19.1. The number of nitrogens with one attached hydrogen (secondary N) is 2. The van der Waals surface area contributed by atoms with E-state index in [0.717, 1.165) is 23.6 Å². The molecule has 0 aliphatic carbocycles. The molecule has 0 spiro atoms. The van der Waals surface area contributed by atoms with Crippen LogP contribution >= 0.6 is 24.0 Å². The van der Waals surface area contributed by atoms with Crippen LogP contribution in [0.2, 0.25) is 0 Å². The number of guanidine groups is 1. The fourth-order valence-corrected chi connectivity index (χ4v) is 2.69. The van der Waals surface area contributed by atoms with Crippen molar-refractivity contribution in [3.8, 4) is 11.5 Å². The molecule has 0 radical (unpaired) electrons. The second-order valence-electron chi connectivity index (χ2n) is 5.72. The lowest BCUT2D eigenvalue weighted by Gasteiger charge is -2.14. The zero-order valence-corrected chi connectivity index (χ0v) is 18.5. The predicted octanol–water partition coefficient (Wildman–Crippen LogP) is 2.98. The average Bonchev–Trinajstić information content (AvgIpc) is 3.11. The first kappa shape index (κ1) is 21.7. The first-order valence-electron chi connectivity index (χ1n) is 8.82. The highest BCUT2D eigenvalue weighted by Gasteiger charge is 2.08. The molecule has 2 N–H and O–H groups in total. The predicted molar refractivity (Wildman–Crippen MR) is 121 cm³/mol. The van der Waals surface area contributed by atoms with Gasteiger partial charge in [-0.25, -0.2) is 0 Å². The lowest BCUT2D eigenvalue weighted by molar-refractivity contribution is 0.311. The Bertz CT molecular complexity index is 928. The Balaban J connectivity index is 0.00000280. The largest absolute Gasteiger partial charge is 0.493 e. The smallest absolute Gasteiger partial charge is 0.195 e. The van der Waals surface area contributed by atoms with E-state index in [1.54, 1.807) is 14.2 Å². The van der Waals surface area contributed by atoms with Crippen molar-refractivity contribution in [2.75, 3.05) is 32.6 Å². The second-order valence-corrected chi connectivity index (χ2v) is 5.72. The molecule has 3 aromatic rings. The fraction of sp³-hybridized carbons (Fsp3) is 0.316. The van der Waals surface area contributed by atoms with E-state index in [9.17, 15) is 0 Å². The van der Waals surface area contributed by atoms with Crippen LogP contribution < -0.4 is 20.1 Å². The van der Waals surface area contributed by atoms with Gasteiger partial charge in [0, 0.05) is 38.0 Å². The van der Waals surface area contributed by atoms with E-state index in [0.29, 0.717) is 30.6 Å². The van der Waals surface area contributed by atoms with Crippen molar-refractivity contribution in [1.29, 1.82) is 0 Å². The molecule has 0 saturated heterocycles. The summed E-state index contributed by atoms with van der Waals surface area (Å²) < 4.78 is 12.9. The van der Waals surface area contributed by atoms with Gasteiger partial charge in [-0.15, -0.1) is 34.2 Å². The summed E-state index contributed by atoms with van der Waals surface area (Å²) in [5.74, 6) is 2.95. The molecule has 8 nitrogen and oxygen atoms in total. The van der Waals surface area contributed by atoms with Gasteiger partial charge in [-0.3, -0.25) is 9.39 Å². The SMILES string of the molecule is CCOc1ccc(NC(=NC)NCCc2nnc3ccccn23)cc1OC.I. The molecule has 1 aromatic carbocycles. The minimum Gasteiger partial charge on any atom is -0.493 e. The lowest BCUT2D eigenvalue weighted by Crippen LogP contribution is -2.32. The molecule has 3 rings (SSSR count). The first-order chi connectivity index (χ1) is 13.2. The van der Waals surface area contributed by atoms with Gasteiger partial charge in [0.25, 0.3) is 0 Å². The maximum atomic E-state index is 5.54. The number of anilines is 1. The molecule has 9 heteroatoms. The Morgan fingerprint density at radius 3 is 2.79 bits per heavy atom. The van der Waals surface area contributed by atoms with Crippen LogP contribution in [-0.2, 0) is 6.42 Å². The van der Waals surface area contributed by atoms with Crippen molar-refractivity contribution in [2.24, 2.45) is 4.99 Å². The van der Waals surface area contributed by atoms with Crippen LogP contribution in [0.5, 0.6) is 11.5 Å². The van der Waals surface area contributed by atoms with Gasteiger partial charge in [0.05, 0.1) is 13.7 Å². The summed E-state index contributed by atoms with van der Waals surface area (Å²) in [6.45, 7) is 3.20. The highest BCUT2D eigenvalue weighted by atomic mass is 127. The Morgan fingerprint density at radius 2 is 2.04 bits per heavy atom. The zero-order valence-electron chi connectivity index (χ0n) is 16.2. The highest BCUT2D eigenvalue weighted by Crippen LogP contribution is 2.30. The van der Waals surface area contributed by atoms with Crippen molar-refractivity contribution in [2.45, 2.75) is 13.3 Å². The van der Waals surface area contributed by atoms with E-state index in [1.165, 1.54) is 0 Å². The van der Waals surface area contributed by atoms with E-state index >= 15 is 0 Å². The summed E-state index contributed by atoms with van der Waals surface area (Å²) in [5, 5.41) is 14.9. The minimum atomic E-state index is 0. The van der Waals surface area contributed by atoms with Gasteiger partial charge < -0.3 is 20.1 Å². The molecule has 0 atom stereocenters. The van der Waals surface area contributed by atoms with E-state index in [2.05, 4.69) is 25.8 Å². The van der Waals surface area contributed by atoms with Gasteiger partial charge in [0.15, 0.2) is 23.1 Å². The molecule has 0 fully saturated rings. The molecule has 0 saturated carbocycles. The number of pyridine rings is 1. The molecule has 2 heterocycles. The monoisotopic (exact) mass is 496 g/mol. The number of methoxy groups -OCH3 is 1. The molecule has 28 heavy (non-hydrogen) atoms. The Morgan fingerprint density at radius 1 is 1.18 bits per heavy atom. The van der Waals surface area contributed by atoms with Crippen LogP contribution in [0.25, 0.3) is 5.65 Å². The third kappa shape index (κ3) is 5.24. The molecule has 0 aliphatic heterocycles. The first-order valence-corrected chi connectivity index (χ1v) is 8.82. The average molecular weight is 496 g/mol. The molecule has 0 aliphatic rings. The number of benzene rings is 1. The summed E-state index contributed by atoms with van der Waals surface area (Å²) in [7, 11) is 3.35. The summed E-state index contributed by atoms with van der Waals surface area (Å²) >= 11 is 0. The third-order valence-electron chi connectivity index (χ3n) is 3.98. The summed E-state index contributed by atoms with van der Waals surface area (Å²) in [4.78, 5) is 4.26. The van der Waals surface area contributed by atoms with Gasteiger partial charge in [0.1, 0.15) is 5.82 Å². The number of ether oxygens (including phenoxy) is 2. The summed E-state index contributed by atoms with van der Waals surface area (Å²) in [5.41, 5.74) is 1.70.